The lowest BCUT2D eigenvalue weighted by Crippen LogP contribution is -2.30. The molecule has 1 aliphatic heterocycles. The molecule has 0 atom stereocenters. The van der Waals surface area contributed by atoms with Crippen LogP contribution in [0.5, 0.6) is 5.75 Å². The van der Waals surface area contributed by atoms with Gasteiger partial charge in [-0.05, 0) is 36.4 Å². The molecule has 1 saturated carbocycles. The highest BCUT2D eigenvalue weighted by Gasteiger charge is 2.43. The van der Waals surface area contributed by atoms with Gasteiger partial charge in [-0.15, -0.1) is 0 Å². The molecule has 0 bridgehead atoms. The van der Waals surface area contributed by atoms with Crippen LogP contribution in [0.25, 0.3) is 10.8 Å². The molecule has 0 aromatic heterocycles. The largest absolute Gasteiger partial charge is 0.506 e. The Bertz CT molecular complexity index is 1120. The van der Waals surface area contributed by atoms with Crippen LogP contribution in [0.1, 0.15) is 12.8 Å². The molecule has 2 aromatic carbocycles. The molecule has 140 valence electrons. The number of phenolic OH excluding ortho intramolecular Hbond substituents is 1. The van der Waals surface area contributed by atoms with Crippen molar-refractivity contribution in [3.63, 3.8) is 0 Å². The highest BCUT2D eigenvalue weighted by Crippen LogP contribution is 2.45. The Morgan fingerprint density at radius 1 is 1.37 bits per heavy atom. The number of hydrogen-bond donors (Lipinski definition) is 3. The smallest absolute Gasteiger partial charge is 0.326 e. The number of nitrogens with zero attached hydrogens (tertiary/aromatic N) is 2. The van der Waals surface area contributed by atoms with Crippen molar-refractivity contribution >= 4 is 38.3 Å². The highest BCUT2D eigenvalue weighted by atomic mass is 32.2. The first-order valence-electron chi connectivity index (χ1n) is 8.18. The molecule has 1 heterocycles. The first-order valence-corrected chi connectivity index (χ1v) is 9.62. The Kier molecular flexibility index (Phi) is 3.68. The maximum Gasteiger partial charge on any atom is 0.326 e. The molecular formula is C17H15FN4O4S. The molecule has 4 rings (SSSR count). The zero-order valence-electron chi connectivity index (χ0n) is 14.0. The van der Waals surface area contributed by atoms with Gasteiger partial charge in [-0.25, -0.2) is 13.4 Å². The van der Waals surface area contributed by atoms with Crippen molar-refractivity contribution in [3.8, 4) is 11.8 Å². The molecular weight excluding hydrogens is 375 g/mol. The SMILES string of the molecule is N#CC1(CNc2ccc3cc(O)c(N4CC(=O)NS4(=O)=O)c(F)c3c2)CC1. The summed E-state index contributed by atoms with van der Waals surface area (Å²) < 4.78 is 41.4. The average molecular weight is 390 g/mol. The van der Waals surface area contributed by atoms with Gasteiger partial charge in [-0.3, -0.25) is 4.79 Å². The van der Waals surface area contributed by atoms with Crippen molar-refractivity contribution < 1.29 is 22.7 Å². The highest BCUT2D eigenvalue weighted by molar-refractivity contribution is 7.92. The molecule has 1 amide bonds. The third-order valence-corrected chi connectivity index (χ3v) is 6.20. The maximum atomic E-state index is 15.1. The van der Waals surface area contributed by atoms with Crippen LogP contribution < -0.4 is 14.3 Å². The van der Waals surface area contributed by atoms with Crippen molar-refractivity contribution in [1.29, 1.82) is 5.26 Å². The van der Waals surface area contributed by atoms with E-state index >= 15 is 4.39 Å². The zero-order valence-corrected chi connectivity index (χ0v) is 14.8. The maximum absolute atomic E-state index is 15.1. The predicted octanol–water partition coefficient (Wildman–Crippen LogP) is 1.58. The van der Waals surface area contributed by atoms with E-state index in [0.29, 0.717) is 21.9 Å². The first-order chi connectivity index (χ1) is 12.7. The summed E-state index contributed by atoms with van der Waals surface area (Å²) in [5.41, 5.74) is -0.393. The van der Waals surface area contributed by atoms with E-state index in [0.717, 1.165) is 12.8 Å². The van der Waals surface area contributed by atoms with Gasteiger partial charge in [0.15, 0.2) is 5.82 Å². The number of phenols is 1. The van der Waals surface area contributed by atoms with E-state index in [1.807, 2.05) is 0 Å². The summed E-state index contributed by atoms with van der Waals surface area (Å²) in [6.07, 6.45) is 1.62. The quantitative estimate of drug-likeness (QED) is 0.729. The van der Waals surface area contributed by atoms with E-state index in [1.54, 1.807) is 16.9 Å². The number of halogens is 1. The fraction of sp³-hybridized carbons (Fsp3) is 0.294. The number of anilines is 2. The van der Waals surface area contributed by atoms with E-state index in [9.17, 15) is 18.3 Å². The van der Waals surface area contributed by atoms with Crippen LogP contribution in [-0.2, 0) is 15.0 Å². The summed E-state index contributed by atoms with van der Waals surface area (Å²) in [5.74, 6) is -2.34. The number of carbonyl (C=O) groups excluding carboxylic acids is 1. The number of benzene rings is 2. The molecule has 0 radical (unpaired) electrons. The van der Waals surface area contributed by atoms with Gasteiger partial charge in [0.05, 0.1) is 11.5 Å². The van der Waals surface area contributed by atoms with E-state index in [-0.39, 0.29) is 10.8 Å². The number of aromatic hydroxyl groups is 1. The van der Waals surface area contributed by atoms with Crippen LogP contribution in [0.3, 0.4) is 0 Å². The van der Waals surface area contributed by atoms with Gasteiger partial charge in [-0.1, -0.05) is 6.07 Å². The van der Waals surface area contributed by atoms with Gasteiger partial charge >= 0.3 is 10.2 Å². The van der Waals surface area contributed by atoms with Crippen molar-refractivity contribution in [2.75, 3.05) is 22.7 Å². The first kappa shape index (κ1) is 17.4. The third kappa shape index (κ3) is 2.90. The summed E-state index contributed by atoms with van der Waals surface area (Å²) in [6.45, 7) is -0.179. The second-order valence-electron chi connectivity index (χ2n) is 6.78. The van der Waals surface area contributed by atoms with Gasteiger partial charge in [-0.2, -0.15) is 13.7 Å². The van der Waals surface area contributed by atoms with Gasteiger partial charge in [0, 0.05) is 17.6 Å². The minimum atomic E-state index is -4.26. The molecule has 0 spiro atoms. The van der Waals surface area contributed by atoms with Crippen molar-refractivity contribution in [2.24, 2.45) is 5.41 Å². The summed E-state index contributed by atoms with van der Waals surface area (Å²) in [5, 5.41) is 22.8. The van der Waals surface area contributed by atoms with E-state index < -0.39 is 39.9 Å². The lowest BCUT2D eigenvalue weighted by molar-refractivity contribution is -0.117. The predicted molar refractivity (Wildman–Crippen MR) is 95.7 cm³/mol. The minimum absolute atomic E-state index is 0.0872. The summed E-state index contributed by atoms with van der Waals surface area (Å²) in [4.78, 5) is 11.4. The molecule has 2 aliphatic rings. The van der Waals surface area contributed by atoms with Crippen molar-refractivity contribution in [2.45, 2.75) is 12.8 Å². The normalized spacial score (nSPS) is 19.6. The Hall–Kier alpha value is -3.06. The fourth-order valence-corrected chi connectivity index (χ4v) is 4.23. The lowest BCUT2D eigenvalue weighted by Gasteiger charge is -2.18. The lowest BCUT2D eigenvalue weighted by atomic mass is 10.1. The Morgan fingerprint density at radius 3 is 2.70 bits per heavy atom. The van der Waals surface area contributed by atoms with Gasteiger partial charge < -0.3 is 10.4 Å². The van der Waals surface area contributed by atoms with Gasteiger partial charge in [0.2, 0.25) is 0 Å². The van der Waals surface area contributed by atoms with Crippen LogP contribution in [0.15, 0.2) is 24.3 Å². The van der Waals surface area contributed by atoms with E-state index in [2.05, 4.69) is 11.4 Å². The molecule has 2 fully saturated rings. The number of carbonyl (C=O) groups is 1. The molecule has 1 aliphatic carbocycles. The second-order valence-corrected chi connectivity index (χ2v) is 8.37. The van der Waals surface area contributed by atoms with Crippen LogP contribution in [0.2, 0.25) is 0 Å². The summed E-state index contributed by atoms with van der Waals surface area (Å²) in [6, 6.07) is 8.25. The minimum Gasteiger partial charge on any atom is -0.506 e. The molecule has 0 unspecified atom stereocenters. The molecule has 3 N–H and O–H groups in total. The monoisotopic (exact) mass is 390 g/mol. The summed E-state index contributed by atoms with van der Waals surface area (Å²) in [7, 11) is -4.26. The van der Waals surface area contributed by atoms with Crippen molar-refractivity contribution in [3.05, 3.63) is 30.1 Å². The number of fused-ring (bicyclic) bond motifs is 1. The molecule has 10 heteroatoms. The molecule has 27 heavy (non-hydrogen) atoms. The Morgan fingerprint density at radius 2 is 2.11 bits per heavy atom. The Balaban J connectivity index is 1.75. The molecule has 8 nitrogen and oxygen atoms in total. The fourth-order valence-electron chi connectivity index (χ4n) is 3.07. The topological polar surface area (TPSA) is 123 Å². The molecule has 1 saturated heterocycles. The average Bonchev–Trinajstić information content (AvgIpc) is 3.34. The van der Waals surface area contributed by atoms with Crippen molar-refractivity contribution in [1.82, 2.24) is 4.72 Å². The second kappa shape index (κ2) is 5.72. The van der Waals surface area contributed by atoms with Gasteiger partial charge in [0.1, 0.15) is 18.0 Å². The van der Waals surface area contributed by atoms with Crippen LogP contribution >= 0.6 is 0 Å². The molecule has 2 aromatic rings. The third-order valence-electron chi connectivity index (χ3n) is 4.82. The standard InChI is InChI=1S/C17H15FN4O4S/c18-15-12-6-11(20-9-17(8-19)3-4-17)2-1-10(12)5-13(23)16(15)22-7-14(24)21-27(22,25)26/h1-2,5-6,20,23H,3-4,7,9H2,(H,21,24). The number of rotatable bonds is 4. The van der Waals surface area contributed by atoms with Gasteiger partial charge in [0.25, 0.3) is 5.91 Å². The number of hydrogen-bond acceptors (Lipinski definition) is 6. The van der Waals surface area contributed by atoms with E-state index in [1.165, 1.54) is 12.1 Å². The zero-order chi connectivity index (χ0) is 19.4. The number of nitrogens with one attached hydrogen (secondary N) is 2. The Labute approximate surface area is 154 Å². The summed E-state index contributed by atoms with van der Waals surface area (Å²) >= 11 is 0. The van der Waals surface area contributed by atoms with E-state index in [4.69, 9.17) is 5.26 Å². The van der Waals surface area contributed by atoms with Crippen LogP contribution in [0, 0.1) is 22.6 Å². The number of nitriles is 1. The van der Waals surface area contributed by atoms with Crippen LogP contribution in [-0.4, -0.2) is 32.5 Å². The number of amides is 1. The van der Waals surface area contributed by atoms with Crippen LogP contribution in [0.4, 0.5) is 15.8 Å².